The molecule has 2 heterocycles. The van der Waals surface area contributed by atoms with Gasteiger partial charge >= 0.3 is 0 Å². The molecule has 11 heteroatoms. The van der Waals surface area contributed by atoms with Crippen LogP contribution in [0, 0.1) is 22.0 Å². The highest BCUT2D eigenvalue weighted by Crippen LogP contribution is 2.33. The van der Waals surface area contributed by atoms with Crippen molar-refractivity contribution in [3.05, 3.63) is 28.3 Å². The van der Waals surface area contributed by atoms with Crippen molar-refractivity contribution in [1.29, 1.82) is 0 Å². The number of rotatable bonds is 8. The molecule has 1 unspecified atom stereocenters. The highest BCUT2D eigenvalue weighted by molar-refractivity contribution is 7.89. The second-order valence-corrected chi connectivity index (χ2v) is 11.4. The van der Waals surface area contributed by atoms with Gasteiger partial charge in [0.05, 0.1) is 16.4 Å². The minimum atomic E-state index is -3.77. The summed E-state index contributed by atoms with van der Waals surface area (Å²) in [6, 6.07) is 4.21. The standard InChI is InChI=1S/C22H35N5O5S/c1-17(2)14-23-22(28)16-24-9-11-25(12-10-24)20-7-6-19(13-21(20)27(29)30)33(31,32)26-8-4-5-18(3)15-26/h6-7,13,17-18H,4-5,8-12,14-16H2,1-3H3,(H,23,28). The monoisotopic (exact) mass is 481 g/mol. The first kappa shape index (κ1) is 25.4. The molecule has 184 valence electrons. The van der Waals surface area contributed by atoms with Crippen LogP contribution in [0.3, 0.4) is 0 Å². The third-order valence-electron chi connectivity index (χ3n) is 6.19. The Bertz CT molecular complexity index is 960. The van der Waals surface area contributed by atoms with E-state index < -0.39 is 14.9 Å². The number of nitrogens with one attached hydrogen (secondary N) is 1. The number of nitro groups is 1. The molecule has 0 bridgehead atoms. The number of anilines is 1. The SMILES string of the molecule is CC(C)CNC(=O)CN1CCN(c2ccc(S(=O)(=O)N3CCCC(C)C3)cc2[N+](=O)[O-])CC1. The number of amides is 1. The lowest BCUT2D eigenvalue weighted by molar-refractivity contribution is -0.384. The summed E-state index contributed by atoms with van der Waals surface area (Å²) in [5, 5.41) is 14.7. The Morgan fingerprint density at radius 3 is 2.52 bits per heavy atom. The van der Waals surface area contributed by atoms with E-state index in [0.717, 1.165) is 12.8 Å². The largest absolute Gasteiger partial charge is 0.363 e. The molecule has 1 amide bonds. The number of nitro benzene ring substituents is 1. The number of sulfonamides is 1. The van der Waals surface area contributed by atoms with Gasteiger partial charge in [0.25, 0.3) is 5.69 Å². The lowest BCUT2D eigenvalue weighted by Gasteiger charge is -2.35. The van der Waals surface area contributed by atoms with Crippen LogP contribution in [0.5, 0.6) is 0 Å². The Balaban J connectivity index is 1.69. The Morgan fingerprint density at radius 1 is 1.21 bits per heavy atom. The van der Waals surface area contributed by atoms with Crippen molar-refractivity contribution >= 4 is 27.3 Å². The maximum atomic E-state index is 13.1. The molecule has 0 aromatic heterocycles. The van der Waals surface area contributed by atoms with Crippen molar-refractivity contribution < 1.29 is 18.1 Å². The van der Waals surface area contributed by atoms with E-state index >= 15 is 0 Å². The summed E-state index contributed by atoms with van der Waals surface area (Å²) in [6.07, 6.45) is 1.77. The molecule has 2 aliphatic rings. The second-order valence-electron chi connectivity index (χ2n) is 9.48. The molecule has 1 aromatic carbocycles. The van der Waals surface area contributed by atoms with E-state index in [1.165, 1.54) is 16.4 Å². The number of nitrogens with zero attached hydrogens (tertiary/aromatic N) is 4. The molecular weight excluding hydrogens is 446 g/mol. The van der Waals surface area contributed by atoms with Crippen LogP contribution in [0.15, 0.2) is 23.1 Å². The molecule has 0 aliphatic carbocycles. The van der Waals surface area contributed by atoms with E-state index in [4.69, 9.17) is 0 Å². The van der Waals surface area contributed by atoms with Crippen molar-refractivity contribution in [1.82, 2.24) is 14.5 Å². The fraction of sp³-hybridized carbons (Fsp3) is 0.682. The zero-order valence-electron chi connectivity index (χ0n) is 19.7. The van der Waals surface area contributed by atoms with Gasteiger partial charge in [-0.05, 0) is 36.8 Å². The average Bonchev–Trinajstić information content (AvgIpc) is 2.78. The summed E-state index contributed by atoms with van der Waals surface area (Å²) in [5.41, 5.74) is 0.208. The number of benzene rings is 1. The van der Waals surface area contributed by atoms with Gasteiger partial charge in [-0.2, -0.15) is 4.31 Å². The van der Waals surface area contributed by atoms with E-state index in [1.54, 1.807) is 6.07 Å². The molecule has 1 aromatic rings. The molecule has 33 heavy (non-hydrogen) atoms. The van der Waals surface area contributed by atoms with Gasteiger partial charge in [0, 0.05) is 51.9 Å². The van der Waals surface area contributed by atoms with Gasteiger partial charge in [-0.3, -0.25) is 19.8 Å². The van der Waals surface area contributed by atoms with E-state index in [9.17, 15) is 23.3 Å². The minimum Gasteiger partial charge on any atom is -0.363 e. The Hall–Kier alpha value is -2.24. The van der Waals surface area contributed by atoms with Gasteiger partial charge in [0.15, 0.2) is 0 Å². The molecule has 1 N–H and O–H groups in total. The molecular formula is C22H35N5O5S. The van der Waals surface area contributed by atoms with Gasteiger partial charge in [0.1, 0.15) is 5.69 Å². The van der Waals surface area contributed by atoms with Crippen molar-refractivity contribution in [2.24, 2.45) is 11.8 Å². The fourth-order valence-corrected chi connectivity index (χ4v) is 5.93. The lowest BCUT2D eigenvalue weighted by atomic mass is 10.0. The topological polar surface area (TPSA) is 116 Å². The Morgan fingerprint density at radius 2 is 1.91 bits per heavy atom. The second kappa shape index (κ2) is 10.8. The maximum Gasteiger partial charge on any atom is 0.293 e. The smallest absolute Gasteiger partial charge is 0.293 e. The average molecular weight is 482 g/mol. The predicted octanol–water partition coefficient (Wildman–Crippen LogP) is 1.91. The number of piperidine rings is 1. The molecule has 10 nitrogen and oxygen atoms in total. The normalized spacial score (nSPS) is 20.7. The Labute approximate surface area is 196 Å². The number of piperazine rings is 1. The van der Waals surface area contributed by atoms with Crippen molar-refractivity contribution in [3.8, 4) is 0 Å². The van der Waals surface area contributed by atoms with Crippen LogP contribution in [0.25, 0.3) is 0 Å². The van der Waals surface area contributed by atoms with Crippen molar-refractivity contribution in [2.45, 2.75) is 38.5 Å². The molecule has 0 spiro atoms. The number of hydrogen-bond donors (Lipinski definition) is 1. The summed E-state index contributed by atoms with van der Waals surface area (Å²) < 4.78 is 27.6. The number of carbonyl (C=O) groups excluding carboxylic acids is 1. The molecule has 2 fully saturated rings. The summed E-state index contributed by atoms with van der Waals surface area (Å²) in [6.45, 7) is 10.1. The first-order chi connectivity index (χ1) is 15.6. The van der Waals surface area contributed by atoms with E-state index in [0.29, 0.717) is 64.0 Å². The molecule has 2 saturated heterocycles. The zero-order valence-corrected chi connectivity index (χ0v) is 20.5. The van der Waals surface area contributed by atoms with Crippen LogP contribution >= 0.6 is 0 Å². The van der Waals surface area contributed by atoms with Gasteiger partial charge < -0.3 is 10.2 Å². The van der Waals surface area contributed by atoms with Crippen LogP contribution in [0.1, 0.15) is 33.6 Å². The maximum absolute atomic E-state index is 13.1. The Kier molecular flexibility index (Phi) is 8.30. The minimum absolute atomic E-state index is 0.0234. The molecule has 0 saturated carbocycles. The fourth-order valence-electron chi connectivity index (χ4n) is 4.31. The summed E-state index contributed by atoms with van der Waals surface area (Å²) >= 11 is 0. The van der Waals surface area contributed by atoms with Crippen LogP contribution in [-0.4, -0.2) is 80.8 Å². The third-order valence-corrected chi connectivity index (χ3v) is 8.05. The number of hydrogen-bond acceptors (Lipinski definition) is 7. The molecule has 2 aliphatic heterocycles. The highest BCUT2D eigenvalue weighted by atomic mass is 32.2. The summed E-state index contributed by atoms with van der Waals surface area (Å²) in [4.78, 5) is 27.3. The number of carbonyl (C=O) groups is 1. The molecule has 0 radical (unpaired) electrons. The van der Waals surface area contributed by atoms with Crippen LogP contribution < -0.4 is 10.2 Å². The van der Waals surface area contributed by atoms with E-state index in [-0.39, 0.29) is 22.4 Å². The zero-order chi connectivity index (χ0) is 24.2. The van der Waals surface area contributed by atoms with Gasteiger partial charge in [-0.1, -0.05) is 20.8 Å². The summed E-state index contributed by atoms with van der Waals surface area (Å²) in [5.74, 6) is 0.632. The molecule has 1 atom stereocenters. The third kappa shape index (κ3) is 6.42. The lowest BCUT2D eigenvalue weighted by Crippen LogP contribution is -2.49. The molecule has 3 rings (SSSR count). The predicted molar refractivity (Wildman–Crippen MR) is 127 cm³/mol. The van der Waals surface area contributed by atoms with Crippen LogP contribution in [0.2, 0.25) is 0 Å². The van der Waals surface area contributed by atoms with Crippen molar-refractivity contribution in [2.75, 3.05) is 57.3 Å². The highest BCUT2D eigenvalue weighted by Gasteiger charge is 2.32. The van der Waals surface area contributed by atoms with Crippen LogP contribution in [-0.2, 0) is 14.8 Å². The summed E-state index contributed by atoms with van der Waals surface area (Å²) in [7, 11) is -3.77. The van der Waals surface area contributed by atoms with Gasteiger partial charge in [0.2, 0.25) is 15.9 Å². The first-order valence-electron chi connectivity index (χ1n) is 11.6. The van der Waals surface area contributed by atoms with E-state index in [2.05, 4.69) is 5.32 Å². The first-order valence-corrected chi connectivity index (χ1v) is 13.0. The quantitative estimate of drug-likeness (QED) is 0.445. The van der Waals surface area contributed by atoms with Gasteiger partial charge in [-0.25, -0.2) is 8.42 Å². The van der Waals surface area contributed by atoms with Crippen LogP contribution in [0.4, 0.5) is 11.4 Å². The van der Waals surface area contributed by atoms with E-state index in [1.807, 2.05) is 30.6 Å². The van der Waals surface area contributed by atoms with Gasteiger partial charge in [-0.15, -0.1) is 0 Å². The van der Waals surface area contributed by atoms with Crippen molar-refractivity contribution in [3.63, 3.8) is 0 Å².